The lowest BCUT2D eigenvalue weighted by Gasteiger charge is -2.38. The van der Waals surface area contributed by atoms with E-state index in [0.29, 0.717) is 16.9 Å². The second-order valence-electron chi connectivity index (χ2n) is 10.9. The van der Waals surface area contributed by atoms with Gasteiger partial charge in [-0.1, -0.05) is 85.5 Å². The summed E-state index contributed by atoms with van der Waals surface area (Å²) in [7, 11) is 0. The number of benzene rings is 3. The number of anilines is 2. The zero-order valence-electron chi connectivity index (χ0n) is 23.0. The van der Waals surface area contributed by atoms with Crippen molar-refractivity contribution >= 4 is 40.7 Å². The molecular weight excluding hydrogens is 550 g/mol. The normalized spacial score (nSPS) is 16.0. The third-order valence-electron chi connectivity index (χ3n) is 8.19. The molecule has 4 aromatic rings. The lowest BCUT2D eigenvalue weighted by molar-refractivity contribution is 0.292. The molecule has 0 radical (unpaired) electrons. The highest BCUT2D eigenvalue weighted by atomic mass is 35.5. The Labute approximate surface area is 252 Å². The second-order valence-corrected chi connectivity index (χ2v) is 11.7. The first kappa shape index (κ1) is 27.5. The molecule has 1 aromatic heterocycles. The van der Waals surface area contributed by atoms with Crippen molar-refractivity contribution in [3.8, 4) is 11.6 Å². The van der Waals surface area contributed by atoms with E-state index in [2.05, 4.69) is 56.9 Å². The van der Waals surface area contributed by atoms with Gasteiger partial charge in [0.25, 0.3) is 0 Å². The van der Waals surface area contributed by atoms with Crippen LogP contribution >= 0.6 is 23.8 Å². The van der Waals surface area contributed by atoms with Crippen LogP contribution in [-0.4, -0.2) is 28.2 Å². The molecule has 1 saturated carbocycles. The molecule has 0 atom stereocenters. The molecule has 2 N–H and O–H groups in total. The largest absolute Gasteiger partial charge is 0.439 e. The van der Waals surface area contributed by atoms with Crippen molar-refractivity contribution in [3.05, 3.63) is 107 Å². The van der Waals surface area contributed by atoms with E-state index in [4.69, 9.17) is 33.5 Å². The van der Waals surface area contributed by atoms with Gasteiger partial charge in [-0.15, -0.1) is 0 Å². The maximum absolute atomic E-state index is 6.20. The van der Waals surface area contributed by atoms with Gasteiger partial charge in [0, 0.05) is 36.1 Å². The van der Waals surface area contributed by atoms with Crippen molar-refractivity contribution in [1.29, 1.82) is 0 Å². The lowest BCUT2D eigenvalue weighted by atomic mass is 9.69. The first-order chi connectivity index (χ1) is 20.1. The molecule has 0 amide bonds. The Balaban J connectivity index is 1.21. The number of hydrogen-bond donors (Lipinski definition) is 2. The van der Waals surface area contributed by atoms with E-state index in [1.54, 1.807) is 0 Å². The van der Waals surface area contributed by atoms with Gasteiger partial charge < -0.3 is 20.3 Å². The number of aromatic nitrogens is 2. The molecule has 3 aromatic carbocycles. The average molecular weight is 584 g/mol. The number of rotatable bonds is 7. The molecule has 41 heavy (non-hydrogen) atoms. The van der Waals surface area contributed by atoms with Crippen LogP contribution in [0.5, 0.6) is 11.6 Å². The van der Waals surface area contributed by atoms with Crippen molar-refractivity contribution in [3.63, 3.8) is 0 Å². The van der Waals surface area contributed by atoms with Crippen LogP contribution in [0.3, 0.4) is 0 Å². The third-order valence-corrected chi connectivity index (χ3v) is 8.69. The summed E-state index contributed by atoms with van der Waals surface area (Å²) >= 11 is 12.0. The number of halogens is 1. The van der Waals surface area contributed by atoms with E-state index < -0.39 is 0 Å². The predicted molar refractivity (Wildman–Crippen MR) is 170 cm³/mol. The highest BCUT2D eigenvalue weighted by Crippen LogP contribution is 2.39. The van der Waals surface area contributed by atoms with Crippen LogP contribution < -0.4 is 20.3 Å². The Kier molecular flexibility index (Phi) is 8.35. The molecule has 2 heterocycles. The zero-order chi connectivity index (χ0) is 28.1. The molecule has 0 unspecified atom stereocenters. The Bertz CT molecular complexity index is 1490. The van der Waals surface area contributed by atoms with E-state index in [1.165, 1.54) is 36.0 Å². The molecule has 2 aliphatic rings. The van der Waals surface area contributed by atoms with E-state index in [1.807, 2.05) is 48.5 Å². The molecular formula is C33H34ClN5OS. The Morgan fingerprint density at radius 3 is 2.41 bits per heavy atom. The van der Waals surface area contributed by atoms with Crippen LogP contribution in [0.1, 0.15) is 48.8 Å². The maximum Gasteiger partial charge on any atom is 0.234 e. The number of para-hydroxylation sites is 1. The number of nitrogens with one attached hydrogen (secondary N) is 2. The number of ether oxygens (including phenoxy) is 1. The zero-order valence-corrected chi connectivity index (χ0v) is 24.6. The summed E-state index contributed by atoms with van der Waals surface area (Å²) < 4.78 is 6.15. The predicted octanol–water partition coefficient (Wildman–Crippen LogP) is 7.67. The molecule has 0 saturated heterocycles. The monoisotopic (exact) mass is 583 g/mol. The van der Waals surface area contributed by atoms with E-state index in [9.17, 15) is 0 Å². The summed E-state index contributed by atoms with van der Waals surface area (Å²) in [4.78, 5) is 11.8. The minimum atomic E-state index is 0.0139. The van der Waals surface area contributed by atoms with Gasteiger partial charge in [-0.3, -0.25) is 0 Å². The standard InChI is InChI=1S/C33H34ClN5OS/c34-27-15-13-26(14-16-27)33(18-7-2-8-19-33)23-35-32(41)38-31-36-29(21-30(37-31)40-28-11-3-1-4-12-28)39-20-17-24-9-5-6-10-25(24)22-39/h1,3-6,9-16,21H,2,7-8,17-20,22-23H2,(H2,35,36,37,38,41). The molecule has 1 aliphatic heterocycles. The topological polar surface area (TPSA) is 62.3 Å². The summed E-state index contributed by atoms with van der Waals surface area (Å²) in [5.74, 6) is 2.40. The number of thiocarbonyl (C=S) groups is 1. The molecule has 6 nitrogen and oxygen atoms in total. The van der Waals surface area contributed by atoms with Crippen molar-refractivity contribution in [2.75, 3.05) is 23.3 Å². The minimum absolute atomic E-state index is 0.0139. The highest BCUT2D eigenvalue weighted by Gasteiger charge is 2.34. The number of nitrogens with zero attached hydrogens (tertiary/aromatic N) is 3. The number of fused-ring (bicyclic) bond motifs is 1. The average Bonchev–Trinajstić information content (AvgIpc) is 3.01. The van der Waals surface area contributed by atoms with E-state index in [0.717, 1.165) is 55.5 Å². The van der Waals surface area contributed by atoms with Gasteiger partial charge >= 0.3 is 0 Å². The summed E-state index contributed by atoms with van der Waals surface area (Å²) in [5, 5.41) is 8.00. The van der Waals surface area contributed by atoms with Gasteiger partial charge in [0.15, 0.2) is 5.11 Å². The quantitative estimate of drug-likeness (QED) is 0.216. The van der Waals surface area contributed by atoms with Gasteiger partial charge in [0.05, 0.1) is 0 Å². The molecule has 1 aliphatic carbocycles. The van der Waals surface area contributed by atoms with Crippen molar-refractivity contribution in [2.24, 2.45) is 0 Å². The summed E-state index contributed by atoms with van der Waals surface area (Å²) in [5.41, 5.74) is 4.02. The molecule has 6 rings (SSSR count). The van der Waals surface area contributed by atoms with Gasteiger partial charge in [0.1, 0.15) is 11.6 Å². The molecule has 0 spiro atoms. The van der Waals surface area contributed by atoms with Gasteiger partial charge in [-0.05, 0) is 72.4 Å². The fourth-order valence-corrected chi connectivity index (χ4v) is 6.27. The fraction of sp³-hybridized carbons (Fsp3) is 0.303. The summed E-state index contributed by atoms with van der Waals surface area (Å²) in [6.45, 7) is 2.38. The Morgan fingerprint density at radius 1 is 0.902 bits per heavy atom. The first-order valence-electron chi connectivity index (χ1n) is 14.3. The van der Waals surface area contributed by atoms with E-state index >= 15 is 0 Å². The molecule has 1 fully saturated rings. The van der Waals surface area contributed by atoms with Crippen molar-refractivity contribution in [2.45, 2.75) is 50.5 Å². The smallest absolute Gasteiger partial charge is 0.234 e. The van der Waals surface area contributed by atoms with Crippen LogP contribution in [0, 0.1) is 0 Å². The van der Waals surface area contributed by atoms with Crippen molar-refractivity contribution < 1.29 is 4.74 Å². The molecule has 0 bridgehead atoms. The lowest BCUT2D eigenvalue weighted by Crippen LogP contribution is -2.43. The van der Waals surface area contributed by atoms with Crippen LogP contribution in [0.4, 0.5) is 11.8 Å². The SMILES string of the molecule is S=C(NCC1(c2ccc(Cl)cc2)CCCCC1)Nc1nc(Oc2ccccc2)cc(N2CCc3ccccc3C2)n1. The number of hydrogen-bond acceptors (Lipinski definition) is 5. The van der Waals surface area contributed by atoms with Crippen LogP contribution in [0.25, 0.3) is 0 Å². The minimum Gasteiger partial charge on any atom is -0.439 e. The molecule has 210 valence electrons. The Hall–Kier alpha value is -3.68. The third kappa shape index (κ3) is 6.63. The van der Waals surface area contributed by atoms with Gasteiger partial charge in [-0.25, -0.2) is 0 Å². The summed E-state index contributed by atoms with van der Waals surface area (Å²) in [6, 6.07) is 28.4. The maximum atomic E-state index is 6.20. The summed E-state index contributed by atoms with van der Waals surface area (Å²) in [6.07, 6.45) is 6.86. The Morgan fingerprint density at radius 2 is 1.63 bits per heavy atom. The first-order valence-corrected chi connectivity index (χ1v) is 15.1. The van der Waals surface area contributed by atoms with E-state index in [-0.39, 0.29) is 5.41 Å². The fourth-order valence-electron chi connectivity index (χ4n) is 5.98. The van der Waals surface area contributed by atoms with Crippen LogP contribution in [-0.2, 0) is 18.4 Å². The van der Waals surface area contributed by atoms with Crippen molar-refractivity contribution in [1.82, 2.24) is 15.3 Å². The highest BCUT2D eigenvalue weighted by molar-refractivity contribution is 7.80. The van der Waals surface area contributed by atoms with Gasteiger partial charge in [0.2, 0.25) is 11.8 Å². The second kappa shape index (κ2) is 12.5. The van der Waals surface area contributed by atoms with Crippen LogP contribution in [0.15, 0.2) is 84.9 Å². The van der Waals surface area contributed by atoms with Crippen LogP contribution in [0.2, 0.25) is 5.02 Å². The molecule has 8 heteroatoms. The van der Waals surface area contributed by atoms with Gasteiger partial charge in [-0.2, -0.15) is 9.97 Å².